The van der Waals surface area contributed by atoms with E-state index in [2.05, 4.69) is 32.2 Å². The lowest BCUT2D eigenvalue weighted by atomic mass is 9.37. The first-order valence-corrected chi connectivity index (χ1v) is 18.0. The van der Waals surface area contributed by atoms with E-state index in [1.807, 2.05) is 14.0 Å². The van der Waals surface area contributed by atoms with Crippen LogP contribution in [0.3, 0.4) is 0 Å². The van der Waals surface area contributed by atoms with Crippen molar-refractivity contribution in [2.75, 3.05) is 20.2 Å². The summed E-state index contributed by atoms with van der Waals surface area (Å²) in [6.07, 6.45) is 10.5. The highest BCUT2D eigenvalue weighted by Crippen LogP contribution is 2.71. The standard InChI is InChI=1S/C37H59NO7/c1-21-9-15-37(33(42)44-18-17-38-6)16-11-25-24(26(37)19-21)7-8-28-34(25,3)14-12-29-35(28,4)13-10-23(36(29,5)43)20-27-30(39)22(2)31(45-27)32(40)41/h7,21-23,25-31,38-39,43H,8-20H2,1-6H3,(H,40,41)/t21?,22?,23?,25?,26?,27?,28?,29?,30?,31?,34?,35?,36-,37?/m1/s1. The summed E-state index contributed by atoms with van der Waals surface area (Å²) in [5, 5.41) is 35.9. The van der Waals surface area contributed by atoms with Gasteiger partial charge in [0, 0.05) is 12.5 Å². The lowest BCUT2D eigenvalue weighted by Crippen LogP contribution is -2.64. The van der Waals surface area contributed by atoms with Gasteiger partial charge in [0.05, 0.1) is 23.2 Å². The van der Waals surface area contributed by atoms with Crippen molar-refractivity contribution in [3.8, 4) is 0 Å². The number of hydrogen-bond acceptors (Lipinski definition) is 7. The van der Waals surface area contributed by atoms with Gasteiger partial charge >= 0.3 is 11.9 Å². The number of carboxylic acid groups (broad SMARTS) is 1. The summed E-state index contributed by atoms with van der Waals surface area (Å²) in [4.78, 5) is 25.5. The van der Waals surface area contributed by atoms with Gasteiger partial charge in [0.1, 0.15) is 6.61 Å². The van der Waals surface area contributed by atoms with Gasteiger partial charge in [0.25, 0.3) is 0 Å². The lowest BCUT2D eigenvalue weighted by Gasteiger charge is -2.67. The van der Waals surface area contributed by atoms with Crippen LogP contribution in [0, 0.1) is 57.7 Å². The van der Waals surface area contributed by atoms with Gasteiger partial charge in [-0.05, 0) is 131 Å². The third-order valence-corrected chi connectivity index (χ3v) is 14.9. The summed E-state index contributed by atoms with van der Waals surface area (Å²) in [5.74, 6) is 0.370. The summed E-state index contributed by atoms with van der Waals surface area (Å²) in [6, 6.07) is 0. The minimum Gasteiger partial charge on any atom is -0.479 e. The molecule has 254 valence electrons. The first-order valence-electron chi connectivity index (χ1n) is 18.0. The Morgan fingerprint density at radius 2 is 1.71 bits per heavy atom. The summed E-state index contributed by atoms with van der Waals surface area (Å²) in [5.41, 5.74) is 0.314. The van der Waals surface area contributed by atoms with Crippen molar-refractivity contribution in [3.05, 3.63) is 11.6 Å². The van der Waals surface area contributed by atoms with E-state index in [1.54, 1.807) is 6.92 Å². The Balaban J connectivity index is 1.24. The fourth-order valence-corrected chi connectivity index (χ4v) is 12.3. The zero-order chi connectivity index (χ0) is 32.5. The van der Waals surface area contributed by atoms with E-state index in [4.69, 9.17) is 9.47 Å². The number of esters is 1. The van der Waals surface area contributed by atoms with Crippen LogP contribution in [-0.2, 0) is 19.1 Å². The third-order valence-electron chi connectivity index (χ3n) is 14.9. The molecule has 0 bridgehead atoms. The van der Waals surface area contributed by atoms with Crippen molar-refractivity contribution >= 4 is 11.9 Å². The van der Waals surface area contributed by atoms with Crippen LogP contribution in [0.1, 0.15) is 105 Å². The molecule has 0 radical (unpaired) electrons. The molecule has 6 aliphatic rings. The molecule has 8 heteroatoms. The Morgan fingerprint density at radius 1 is 1.00 bits per heavy atom. The number of rotatable bonds is 7. The SMILES string of the molecule is CNCCOC(=O)C12CCC(C)CC1C1=CCC3C(C)(CCC4C3(C)CCC(CC3OC(C(=O)O)C(C)C3O)[C@@]4(C)O)C1CC2. The minimum atomic E-state index is -1.03. The van der Waals surface area contributed by atoms with Crippen LogP contribution >= 0.6 is 0 Å². The molecule has 0 aromatic carbocycles. The second-order valence-corrected chi connectivity index (χ2v) is 17.0. The van der Waals surface area contributed by atoms with Gasteiger partial charge < -0.3 is 30.1 Å². The number of aliphatic carboxylic acids is 1. The van der Waals surface area contributed by atoms with Crippen molar-refractivity contribution < 1.29 is 34.4 Å². The molecule has 4 N–H and O–H groups in total. The Bertz CT molecular complexity index is 1190. The van der Waals surface area contributed by atoms with Gasteiger partial charge in [-0.1, -0.05) is 39.3 Å². The van der Waals surface area contributed by atoms with Crippen LogP contribution in [0.2, 0.25) is 0 Å². The zero-order valence-electron chi connectivity index (χ0n) is 28.5. The normalized spacial score (nSPS) is 50.8. The van der Waals surface area contributed by atoms with Crippen LogP contribution < -0.4 is 5.32 Å². The predicted octanol–water partition coefficient (Wildman–Crippen LogP) is 5.35. The second-order valence-electron chi connectivity index (χ2n) is 17.0. The Morgan fingerprint density at radius 3 is 2.40 bits per heavy atom. The molecule has 0 spiro atoms. The van der Waals surface area contributed by atoms with Crippen molar-refractivity contribution in [2.24, 2.45) is 57.7 Å². The van der Waals surface area contributed by atoms with E-state index in [1.165, 1.54) is 5.57 Å². The molecule has 0 aromatic heterocycles. The van der Waals surface area contributed by atoms with E-state index >= 15 is 0 Å². The van der Waals surface area contributed by atoms with Crippen molar-refractivity contribution in [2.45, 2.75) is 129 Å². The Labute approximate surface area is 270 Å². The molecule has 4 saturated carbocycles. The predicted molar refractivity (Wildman–Crippen MR) is 171 cm³/mol. The quantitative estimate of drug-likeness (QED) is 0.169. The van der Waals surface area contributed by atoms with Crippen LogP contribution in [0.5, 0.6) is 0 Å². The largest absolute Gasteiger partial charge is 0.479 e. The number of allylic oxidation sites excluding steroid dienone is 2. The summed E-state index contributed by atoms with van der Waals surface area (Å²) < 4.78 is 11.8. The monoisotopic (exact) mass is 629 g/mol. The number of fused-ring (bicyclic) bond motifs is 7. The number of aliphatic hydroxyl groups is 2. The number of carbonyl (C=O) groups excluding carboxylic acids is 1. The van der Waals surface area contributed by atoms with Gasteiger partial charge in [0.15, 0.2) is 6.10 Å². The molecule has 1 aliphatic heterocycles. The third kappa shape index (κ3) is 5.14. The molecule has 5 fully saturated rings. The molecule has 0 amide bonds. The first-order chi connectivity index (χ1) is 21.2. The van der Waals surface area contributed by atoms with Crippen molar-refractivity contribution in [1.82, 2.24) is 5.32 Å². The summed E-state index contributed by atoms with van der Waals surface area (Å²) in [6.45, 7) is 12.1. The molecule has 45 heavy (non-hydrogen) atoms. The zero-order valence-corrected chi connectivity index (χ0v) is 28.5. The van der Waals surface area contributed by atoms with E-state index in [0.717, 1.165) is 64.2 Å². The minimum absolute atomic E-state index is 0.0201. The van der Waals surface area contributed by atoms with Crippen LogP contribution in [-0.4, -0.2) is 71.4 Å². The average molecular weight is 630 g/mol. The first kappa shape index (κ1) is 33.4. The summed E-state index contributed by atoms with van der Waals surface area (Å²) in [7, 11) is 1.89. The van der Waals surface area contributed by atoms with Crippen LogP contribution in [0.25, 0.3) is 0 Å². The molecule has 1 heterocycles. The average Bonchev–Trinajstić information content (AvgIpc) is 3.27. The number of carbonyl (C=O) groups is 2. The van der Waals surface area contributed by atoms with Gasteiger partial charge in [-0.25, -0.2) is 4.79 Å². The molecular weight excluding hydrogens is 570 g/mol. The number of carboxylic acids is 1. The second kappa shape index (κ2) is 11.9. The van der Waals surface area contributed by atoms with Gasteiger partial charge in [-0.3, -0.25) is 4.79 Å². The fourth-order valence-electron chi connectivity index (χ4n) is 12.3. The number of hydrogen-bond donors (Lipinski definition) is 4. The smallest absolute Gasteiger partial charge is 0.333 e. The fraction of sp³-hybridized carbons (Fsp3) is 0.892. The Kier molecular flexibility index (Phi) is 8.83. The number of aliphatic hydroxyl groups excluding tert-OH is 1. The highest BCUT2D eigenvalue weighted by molar-refractivity contribution is 5.78. The molecule has 1 saturated heterocycles. The lowest BCUT2D eigenvalue weighted by molar-refractivity contribution is -0.213. The number of ether oxygens (including phenoxy) is 2. The summed E-state index contributed by atoms with van der Waals surface area (Å²) >= 11 is 0. The maximum atomic E-state index is 13.8. The molecule has 14 atom stereocenters. The molecule has 8 nitrogen and oxygen atoms in total. The van der Waals surface area contributed by atoms with Crippen molar-refractivity contribution in [1.29, 1.82) is 0 Å². The van der Waals surface area contributed by atoms with Crippen LogP contribution in [0.4, 0.5) is 0 Å². The van der Waals surface area contributed by atoms with Gasteiger partial charge in [0.2, 0.25) is 0 Å². The molecular formula is C37H59NO7. The molecule has 0 aromatic rings. The van der Waals surface area contributed by atoms with Gasteiger partial charge in [-0.2, -0.15) is 0 Å². The maximum absolute atomic E-state index is 13.8. The topological polar surface area (TPSA) is 125 Å². The van der Waals surface area contributed by atoms with E-state index in [-0.39, 0.29) is 34.6 Å². The van der Waals surface area contributed by atoms with Crippen molar-refractivity contribution in [3.63, 3.8) is 0 Å². The maximum Gasteiger partial charge on any atom is 0.333 e. The highest BCUT2D eigenvalue weighted by atomic mass is 16.5. The molecule has 6 rings (SSSR count). The van der Waals surface area contributed by atoms with E-state index in [0.29, 0.717) is 37.3 Å². The van der Waals surface area contributed by atoms with Gasteiger partial charge in [-0.15, -0.1) is 0 Å². The molecule has 5 aliphatic carbocycles. The van der Waals surface area contributed by atoms with E-state index < -0.39 is 41.2 Å². The van der Waals surface area contributed by atoms with Crippen LogP contribution in [0.15, 0.2) is 11.6 Å². The number of likely N-dealkylation sites (N-methyl/N-ethyl adjacent to an activating group) is 1. The van der Waals surface area contributed by atoms with E-state index in [9.17, 15) is 24.9 Å². The Hall–Kier alpha value is -1.48. The highest BCUT2D eigenvalue weighted by Gasteiger charge is 2.66. The molecule has 13 unspecified atom stereocenters. The number of nitrogens with one attached hydrogen (secondary N) is 1.